The standard InChI is InChI=1S/C18H37.Cu.H3O4P/c1-3-5-7-9-11-13-15-17-18-16-14-12-10-8-6-4-2;;1-5(2,3)4/h1,3-18H2,2H3;;(H3,1,2,3,4)/q-1;;/p-3. The molecular formula is C18H37CuO4P-4. The second kappa shape index (κ2) is 23.6. The first-order valence-corrected chi connectivity index (χ1v) is 10.9. The number of unbranched alkanes of at least 4 members (excludes halogenated alkanes) is 15. The zero-order valence-electron chi connectivity index (χ0n) is 15.4. The molecule has 0 atom stereocenters. The van der Waals surface area contributed by atoms with E-state index in [0.717, 1.165) is 6.42 Å². The van der Waals surface area contributed by atoms with E-state index in [4.69, 9.17) is 19.2 Å². The molecule has 0 unspecified atom stereocenters. The van der Waals surface area contributed by atoms with Crippen LogP contribution in [0.3, 0.4) is 0 Å². The topological polar surface area (TPSA) is 86.2 Å². The van der Waals surface area contributed by atoms with Crippen molar-refractivity contribution in [1.29, 1.82) is 0 Å². The van der Waals surface area contributed by atoms with Crippen LogP contribution in [0.1, 0.15) is 110 Å². The van der Waals surface area contributed by atoms with Crippen molar-refractivity contribution < 1.29 is 36.3 Å². The molecule has 0 aliphatic rings. The van der Waals surface area contributed by atoms with E-state index in [2.05, 4.69) is 13.8 Å². The third-order valence-corrected chi connectivity index (χ3v) is 3.85. The van der Waals surface area contributed by atoms with E-state index in [0.29, 0.717) is 0 Å². The SMILES string of the molecule is O=P([O-])([O-])[O-].[CH2-]CCCCCCCCCCCCCCCCC.[Cu]. The largest absolute Gasteiger partial charge is 0.822 e. The Morgan fingerprint density at radius 1 is 0.625 bits per heavy atom. The molecule has 0 aromatic rings. The molecule has 0 aliphatic heterocycles. The molecule has 0 rings (SSSR count). The van der Waals surface area contributed by atoms with Crippen LogP contribution in [-0.2, 0) is 21.6 Å². The van der Waals surface area contributed by atoms with Gasteiger partial charge in [0.25, 0.3) is 0 Å². The van der Waals surface area contributed by atoms with Crippen LogP contribution in [0.15, 0.2) is 0 Å². The van der Waals surface area contributed by atoms with E-state index in [1.165, 1.54) is 96.3 Å². The van der Waals surface area contributed by atoms with E-state index in [1.54, 1.807) is 0 Å². The summed E-state index contributed by atoms with van der Waals surface area (Å²) in [5, 5.41) is 0. The molecule has 6 heteroatoms. The van der Waals surface area contributed by atoms with Gasteiger partial charge in [0.1, 0.15) is 0 Å². The Morgan fingerprint density at radius 2 is 0.833 bits per heavy atom. The van der Waals surface area contributed by atoms with Gasteiger partial charge in [0.15, 0.2) is 0 Å². The summed E-state index contributed by atoms with van der Waals surface area (Å²) in [7, 11) is -5.39. The summed E-state index contributed by atoms with van der Waals surface area (Å²) in [6.45, 7) is 6.18. The van der Waals surface area contributed by atoms with Crippen LogP contribution >= 0.6 is 7.82 Å². The quantitative estimate of drug-likeness (QED) is 0.174. The van der Waals surface area contributed by atoms with Gasteiger partial charge < -0.3 is 26.2 Å². The maximum atomic E-state index is 8.55. The van der Waals surface area contributed by atoms with Gasteiger partial charge in [-0.2, -0.15) is 14.2 Å². The van der Waals surface area contributed by atoms with Crippen molar-refractivity contribution in [3.63, 3.8) is 0 Å². The van der Waals surface area contributed by atoms with E-state index in [9.17, 15) is 0 Å². The molecule has 0 fully saturated rings. The predicted molar refractivity (Wildman–Crippen MR) is 92.5 cm³/mol. The average Bonchev–Trinajstić information content (AvgIpc) is 2.46. The third-order valence-electron chi connectivity index (χ3n) is 3.85. The maximum absolute atomic E-state index is 8.55. The van der Waals surface area contributed by atoms with Crippen molar-refractivity contribution in [3.8, 4) is 0 Å². The second-order valence-corrected chi connectivity index (χ2v) is 7.14. The van der Waals surface area contributed by atoms with Gasteiger partial charge in [0, 0.05) is 17.1 Å². The molecule has 4 nitrogen and oxygen atoms in total. The van der Waals surface area contributed by atoms with Gasteiger partial charge in [-0.25, -0.2) is 0 Å². The molecule has 0 heterocycles. The minimum absolute atomic E-state index is 0. The van der Waals surface area contributed by atoms with Gasteiger partial charge in [-0.1, -0.05) is 103 Å². The first kappa shape index (κ1) is 29.4. The summed E-state index contributed by atoms with van der Waals surface area (Å²) in [5.74, 6) is 0. The number of hydrogen-bond acceptors (Lipinski definition) is 4. The summed E-state index contributed by atoms with van der Waals surface area (Å²) in [4.78, 5) is 25.6. The molecule has 0 aromatic heterocycles. The van der Waals surface area contributed by atoms with Crippen molar-refractivity contribution in [2.24, 2.45) is 0 Å². The Labute approximate surface area is 160 Å². The summed E-state index contributed by atoms with van der Waals surface area (Å²) in [6.07, 6.45) is 22.8. The Kier molecular flexibility index (Phi) is 28.9. The van der Waals surface area contributed by atoms with Crippen molar-refractivity contribution in [2.75, 3.05) is 0 Å². The molecule has 0 amide bonds. The molecule has 0 aromatic carbocycles. The Hall–Kier alpha value is 0.629. The predicted octanol–water partition coefficient (Wildman–Crippen LogP) is 4.25. The first-order valence-electron chi connectivity index (χ1n) is 9.44. The van der Waals surface area contributed by atoms with Gasteiger partial charge >= 0.3 is 0 Å². The van der Waals surface area contributed by atoms with Crippen LogP contribution in [0.5, 0.6) is 0 Å². The number of phosphoric acid groups is 1. The van der Waals surface area contributed by atoms with E-state index < -0.39 is 7.82 Å². The molecule has 24 heavy (non-hydrogen) atoms. The van der Waals surface area contributed by atoms with Gasteiger partial charge in [-0.15, -0.1) is 0 Å². The average molecular weight is 412 g/mol. The van der Waals surface area contributed by atoms with Crippen LogP contribution in [0, 0.1) is 6.92 Å². The summed E-state index contributed by atoms with van der Waals surface area (Å²) < 4.78 is 8.55. The summed E-state index contributed by atoms with van der Waals surface area (Å²) in [6, 6.07) is 0. The van der Waals surface area contributed by atoms with Crippen LogP contribution in [0.4, 0.5) is 0 Å². The van der Waals surface area contributed by atoms with Gasteiger partial charge in [0.05, 0.1) is 0 Å². The van der Waals surface area contributed by atoms with Crippen molar-refractivity contribution in [1.82, 2.24) is 0 Å². The summed E-state index contributed by atoms with van der Waals surface area (Å²) in [5.41, 5.74) is 0. The van der Waals surface area contributed by atoms with Crippen LogP contribution in [-0.4, -0.2) is 0 Å². The van der Waals surface area contributed by atoms with Gasteiger partial charge in [0.2, 0.25) is 0 Å². The Bertz CT molecular complexity index is 235. The minimum atomic E-state index is -5.39. The molecular weight excluding hydrogens is 375 g/mol. The normalized spacial score (nSPS) is 10.7. The van der Waals surface area contributed by atoms with Crippen molar-refractivity contribution in [2.45, 2.75) is 110 Å². The fraction of sp³-hybridized carbons (Fsp3) is 0.944. The smallest absolute Gasteiger partial charge is 0 e. The van der Waals surface area contributed by atoms with Gasteiger partial charge in [-0.05, 0) is 0 Å². The zero-order chi connectivity index (χ0) is 17.8. The fourth-order valence-electron chi connectivity index (χ4n) is 2.55. The third kappa shape index (κ3) is 43.3. The van der Waals surface area contributed by atoms with E-state index >= 15 is 0 Å². The molecule has 0 spiro atoms. The van der Waals surface area contributed by atoms with Crippen LogP contribution in [0.2, 0.25) is 0 Å². The molecule has 1 radical (unpaired) electrons. The maximum Gasteiger partial charge on any atom is 0 e. The zero-order valence-corrected chi connectivity index (χ0v) is 17.2. The summed E-state index contributed by atoms with van der Waals surface area (Å²) >= 11 is 0. The molecule has 153 valence electrons. The molecule has 0 saturated heterocycles. The first-order chi connectivity index (χ1) is 10.9. The fourth-order valence-corrected chi connectivity index (χ4v) is 2.55. The van der Waals surface area contributed by atoms with Crippen LogP contribution in [0.25, 0.3) is 0 Å². The van der Waals surface area contributed by atoms with E-state index in [-0.39, 0.29) is 17.1 Å². The minimum Gasteiger partial charge on any atom is -0.822 e. The second-order valence-electron chi connectivity index (χ2n) is 6.25. The molecule has 0 N–H and O–H groups in total. The van der Waals surface area contributed by atoms with Crippen molar-refractivity contribution >= 4 is 7.82 Å². The number of rotatable bonds is 15. The van der Waals surface area contributed by atoms with Crippen LogP contribution < -0.4 is 14.7 Å². The monoisotopic (exact) mass is 411 g/mol. The molecule has 0 aliphatic carbocycles. The van der Waals surface area contributed by atoms with Crippen molar-refractivity contribution in [3.05, 3.63) is 6.92 Å². The Balaban J connectivity index is -0.000000639. The Morgan fingerprint density at radius 3 is 1.04 bits per heavy atom. The number of hydrogen-bond donors (Lipinski definition) is 0. The van der Waals surface area contributed by atoms with Gasteiger partial charge in [-0.3, -0.25) is 0 Å². The molecule has 0 bridgehead atoms. The van der Waals surface area contributed by atoms with E-state index in [1.807, 2.05) is 0 Å². The molecule has 0 saturated carbocycles.